The van der Waals surface area contributed by atoms with Crippen LogP contribution in [0.4, 0.5) is 5.69 Å². The maximum Gasteiger partial charge on any atom is 0.264 e. The van der Waals surface area contributed by atoms with Crippen LogP contribution in [-0.2, 0) is 39.0 Å². The molecule has 0 aliphatic heterocycles. The summed E-state index contributed by atoms with van der Waals surface area (Å²) in [6.45, 7) is 5.26. The van der Waals surface area contributed by atoms with E-state index in [0.717, 1.165) is 15.4 Å². The summed E-state index contributed by atoms with van der Waals surface area (Å²) in [5, 5.41) is 3.70. The van der Waals surface area contributed by atoms with Gasteiger partial charge in [0.2, 0.25) is 11.8 Å². The Morgan fingerprint density at radius 1 is 0.804 bits per heavy atom. The maximum absolute atomic E-state index is 14.6. The van der Waals surface area contributed by atoms with Crippen molar-refractivity contribution in [3.8, 4) is 0 Å². The summed E-state index contributed by atoms with van der Waals surface area (Å²) in [7, 11) is -4.18. The smallest absolute Gasteiger partial charge is 0.264 e. The number of carbonyl (C=O) groups is 2. The minimum atomic E-state index is -4.18. The second kappa shape index (κ2) is 16.1. The number of sulfonamides is 1. The van der Waals surface area contributed by atoms with Crippen LogP contribution in [0.2, 0.25) is 10.0 Å². The minimum absolute atomic E-state index is 0.00417. The van der Waals surface area contributed by atoms with Gasteiger partial charge < -0.3 is 10.2 Å². The Labute approximate surface area is 282 Å². The number of aryl methyl sites for hydroxylation is 1. The van der Waals surface area contributed by atoms with Crippen LogP contribution < -0.4 is 9.62 Å². The van der Waals surface area contributed by atoms with Gasteiger partial charge in [0.15, 0.2) is 0 Å². The van der Waals surface area contributed by atoms with Crippen molar-refractivity contribution in [2.75, 3.05) is 10.8 Å². The fraction of sp³-hybridized carbons (Fsp3) is 0.278. The highest BCUT2D eigenvalue weighted by atomic mass is 35.5. The molecule has 0 fully saturated rings. The number of hydrogen-bond acceptors (Lipinski definition) is 4. The summed E-state index contributed by atoms with van der Waals surface area (Å²) in [5.41, 5.74) is 2.66. The van der Waals surface area contributed by atoms with Crippen molar-refractivity contribution in [2.45, 2.75) is 63.6 Å². The minimum Gasteiger partial charge on any atom is -0.352 e. The highest BCUT2D eigenvalue weighted by molar-refractivity contribution is 7.92. The number of para-hydroxylation sites is 1. The molecule has 46 heavy (non-hydrogen) atoms. The van der Waals surface area contributed by atoms with Crippen LogP contribution in [0, 0.1) is 0 Å². The van der Waals surface area contributed by atoms with Gasteiger partial charge in [0, 0.05) is 19.0 Å². The van der Waals surface area contributed by atoms with Gasteiger partial charge in [-0.25, -0.2) is 8.42 Å². The van der Waals surface area contributed by atoms with Gasteiger partial charge in [-0.05, 0) is 66.8 Å². The maximum atomic E-state index is 14.6. The average molecular weight is 681 g/mol. The lowest BCUT2D eigenvalue weighted by atomic mass is 10.0. The highest BCUT2D eigenvalue weighted by Gasteiger charge is 2.35. The van der Waals surface area contributed by atoms with Crippen molar-refractivity contribution in [2.24, 2.45) is 0 Å². The van der Waals surface area contributed by atoms with Crippen LogP contribution in [0.5, 0.6) is 0 Å². The van der Waals surface area contributed by atoms with E-state index in [0.29, 0.717) is 34.1 Å². The molecule has 0 spiro atoms. The molecule has 10 heteroatoms. The van der Waals surface area contributed by atoms with Crippen molar-refractivity contribution in [3.05, 3.63) is 130 Å². The lowest BCUT2D eigenvalue weighted by Gasteiger charge is -2.34. The third-order valence-corrected chi connectivity index (χ3v) is 10.4. The molecule has 0 saturated heterocycles. The number of amides is 2. The third kappa shape index (κ3) is 8.69. The van der Waals surface area contributed by atoms with E-state index in [4.69, 9.17) is 23.2 Å². The fourth-order valence-corrected chi connectivity index (χ4v) is 6.91. The van der Waals surface area contributed by atoms with Crippen molar-refractivity contribution in [3.63, 3.8) is 0 Å². The number of halogens is 2. The molecule has 0 aliphatic carbocycles. The summed E-state index contributed by atoms with van der Waals surface area (Å²) in [6.07, 6.45) is 1.46. The Morgan fingerprint density at radius 2 is 1.43 bits per heavy atom. The monoisotopic (exact) mass is 679 g/mol. The topological polar surface area (TPSA) is 86.8 Å². The van der Waals surface area contributed by atoms with Gasteiger partial charge in [0.25, 0.3) is 10.0 Å². The predicted octanol–water partition coefficient (Wildman–Crippen LogP) is 7.31. The molecule has 7 nitrogen and oxygen atoms in total. The van der Waals surface area contributed by atoms with Crippen LogP contribution in [0.3, 0.4) is 0 Å². The zero-order valence-corrected chi connectivity index (χ0v) is 28.5. The summed E-state index contributed by atoms with van der Waals surface area (Å²) < 4.78 is 29.6. The number of nitrogens with zero attached hydrogens (tertiary/aromatic N) is 2. The van der Waals surface area contributed by atoms with Crippen LogP contribution in [0.15, 0.2) is 108 Å². The van der Waals surface area contributed by atoms with Gasteiger partial charge in [-0.3, -0.25) is 13.9 Å². The van der Waals surface area contributed by atoms with Gasteiger partial charge in [-0.15, -0.1) is 0 Å². The second-order valence-electron chi connectivity index (χ2n) is 11.1. The molecule has 242 valence electrons. The first-order chi connectivity index (χ1) is 22.0. The van der Waals surface area contributed by atoms with Crippen LogP contribution in [0.1, 0.15) is 43.9 Å². The predicted molar refractivity (Wildman–Crippen MR) is 186 cm³/mol. The molecule has 0 radical (unpaired) electrons. The van der Waals surface area contributed by atoms with Gasteiger partial charge in [-0.2, -0.15) is 0 Å². The average Bonchev–Trinajstić information content (AvgIpc) is 3.07. The Hall–Kier alpha value is -3.85. The van der Waals surface area contributed by atoms with E-state index in [1.807, 2.05) is 63.2 Å². The first-order valence-corrected chi connectivity index (χ1v) is 17.5. The van der Waals surface area contributed by atoms with Crippen molar-refractivity contribution in [1.82, 2.24) is 10.2 Å². The Kier molecular flexibility index (Phi) is 12.3. The molecule has 0 heterocycles. The highest BCUT2D eigenvalue weighted by Crippen LogP contribution is 2.29. The molecule has 1 N–H and O–H groups in total. The van der Waals surface area contributed by atoms with Crippen molar-refractivity contribution < 1.29 is 18.0 Å². The lowest BCUT2D eigenvalue weighted by Crippen LogP contribution is -2.54. The van der Waals surface area contributed by atoms with E-state index in [-0.39, 0.29) is 29.8 Å². The number of hydrogen-bond donors (Lipinski definition) is 1. The number of rotatable bonds is 14. The quantitative estimate of drug-likeness (QED) is 0.151. The van der Waals surface area contributed by atoms with Gasteiger partial charge in [0.1, 0.15) is 12.6 Å². The van der Waals surface area contributed by atoms with E-state index in [1.165, 1.54) is 17.0 Å². The molecule has 4 aromatic carbocycles. The lowest BCUT2D eigenvalue weighted by molar-refractivity contribution is -0.140. The molecule has 2 atom stereocenters. The first-order valence-electron chi connectivity index (χ1n) is 15.3. The number of carbonyl (C=O) groups excluding carboxylic acids is 2. The molecule has 0 aromatic heterocycles. The fourth-order valence-electron chi connectivity index (χ4n) is 5.12. The molecule has 2 amide bonds. The molecule has 0 saturated carbocycles. The Balaban J connectivity index is 1.84. The van der Waals surface area contributed by atoms with Gasteiger partial charge >= 0.3 is 0 Å². The third-order valence-electron chi connectivity index (χ3n) is 7.86. The number of nitrogens with one attached hydrogen (secondary N) is 1. The Bertz CT molecular complexity index is 1740. The molecule has 0 unspecified atom stereocenters. The molecule has 0 aliphatic rings. The Morgan fingerprint density at radius 3 is 2.07 bits per heavy atom. The van der Waals surface area contributed by atoms with E-state index in [2.05, 4.69) is 5.32 Å². The van der Waals surface area contributed by atoms with Crippen molar-refractivity contribution in [1.29, 1.82) is 0 Å². The van der Waals surface area contributed by atoms with E-state index in [9.17, 15) is 18.0 Å². The molecule has 0 bridgehead atoms. The van der Waals surface area contributed by atoms with Gasteiger partial charge in [0.05, 0.1) is 20.6 Å². The summed E-state index contributed by atoms with van der Waals surface area (Å²) in [6, 6.07) is 28.5. The zero-order valence-electron chi connectivity index (χ0n) is 26.2. The molecular formula is C36H39Cl2N3O4S. The standard InChI is InChI=1S/C36H39Cl2N3O4S/c1-4-26(3)39-36(43)34(23-27-14-8-6-9-15-27)40(24-28-20-21-31(37)32(38)22-28)35(42)25-41(33-19-13-12-16-29(33)5-2)46(44,45)30-17-10-7-11-18-30/h6-22,26,34H,4-5,23-25H2,1-3H3,(H,39,43)/t26-,34-/m1/s1. The zero-order chi connectivity index (χ0) is 33.3. The van der Waals surface area contributed by atoms with E-state index in [1.54, 1.807) is 48.5 Å². The summed E-state index contributed by atoms with van der Waals surface area (Å²) in [5.74, 6) is -0.880. The van der Waals surface area contributed by atoms with Crippen molar-refractivity contribution >= 4 is 50.7 Å². The molecule has 4 rings (SSSR count). The van der Waals surface area contributed by atoms with Crippen LogP contribution >= 0.6 is 23.2 Å². The molecular weight excluding hydrogens is 641 g/mol. The molecule has 4 aromatic rings. The van der Waals surface area contributed by atoms with E-state index >= 15 is 0 Å². The van der Waals surface area contributed by atoms with Crippen LogP contribution in [-0.4, -0.2) is 43.8 Å². The largest absolute Gasteiger partial charge is 0.352 e. The summed E-state index contributed by atoms with van der Waals surface area (Å²) in [4.78, 5) is 30.1. The van der Waals surface area contributed by atoms with Gasteiger partial charge in [-0.1, -0.05) is 110 Å². The SMILES string of the molecule is CCc1ccccc1N(CC(=O)N(Cc1ccc(Cl)c(Cl)c1)[C@H](Cc1ccccc1)C(=O)N[C@H](C)CC)S(=O)(=O)c1ccccc1. The van der Waals surface area contributed by atoms with E-state index < -0.39 is 28.5 Å². The number of benzene rings is 4. The second-order valence-corrected chi connectivity index (χ2v) is 13.8. The normalized spacial score (nSPS) is 12.6. The summed E-state index contributed by atoms with van der Waals surface area (Å²) >= 11 is 12.6. The number of anilines is 1. The van der Waals surface area contributed by atoms with Crippen LogP contribution in [0.25, 0.3) is 0 Å². The first kappa shape index (κ1) is 35.0.